The van der Waals surface area contributed by atoms with Crippen LogP contribution in [0, 0.1) is 0 Å². The van der Waals surface area contributed by atoms with Crippen molar-refractivity contribution < 1.29 is 23.9 Å². The minimum atomic E-state index is -0.841. The van der Waals surface area contributed by atoms with E-state index in [0.29, 0.717) is 6.54 Å². The summed E-state index contributed by atoms with van der Waals surface area (Å²) in [7, 11) is 0. The van der Waals surface area contributed by atoms with Crippen molar-refractivity contribution >= 4 is 18.1 Å². The number of nitrogens with zero attached hydrogens (tertiary/aromatic N) is 1. The largest absolute Gasteiger partial charge is 0.443 e. The highest BCUT2D eigenvalue weighted by Crippen LogP contribution is 2.10. The Morgan fingerprint density at radius 3 is 1.91 bits per heavy atom. The van der Waals surface area contributed by atoms with Gasteiger partial charge in [-0.3, -0.25) is 4.79 Å². The van der Waals surface area contributed by atoms with Crippen molar-refractivity contribution in [2.75, 3.05) is 13.1 Å². The molecule has 0 atom stereocenters. The van der Waals surface area contributed by atoms with E-state index in [1.165, 1.54) is 0 Å². The number of hydrogen-bond donors (Lipinski definition) is 2. The molecule has 0 aliphatic heterocycles. The lowest BCUT2D eigenvalue weighted by Gasteiger charge is -2.28. The number of amides is 3. The van der Waals surface area contributed by atoms with Crippen LogP contribution < -0.4 is 10.7 Å². The van der Waals surface area contributed by atoms with E-state index < -0.39 is 29.3 Å². The summed E-state index contributed by atoms with van der Waals surface area (Å²) in [5.41, 5.74) is 0.753. The molecule has 0 aromatic carbocycles. The zero-order chi connectivity index (χ0) is 18.3. The Hall–Kier alpha value is -1.99. The number of carbonyl (C=O) groups is 3. The molecule has 0 aliphatic rings. The van der Waals surface area contributed by atoms with Gasteiger partial charge in [0.15, 0.2) is 0 Å². The Kier molecular flexibility index (Phi) is 7.85. The highest BCUT2D eigenvalue weighted by molar-refractivity contribution is 5.83. The first-order valence-corrected chi connectivity index (χ1v) is 7.61. The first-order valence-electron chi connectivity index (χ1n) is 7.61. The van der Waals surface area contributed by atoms with Crippen LogP contribution in [0.4, 0.5) is 9.59 Å². The van der Waals surface area contributed by atoms with E-state index in [1.54, 1.807) is 41.5 Å². The molecule has 0 fully saturated rings. The summed E-state index contributed by atoms with van der Waals surface area (Å²) in [6.45, 7) is 12.2. The Morgan fingerprint density at radius 1 is 0.957 bits per heavy atom. The molecule has 0 aliphatic carbocycles. The maximum atomic E-state index is 12.1. The van der Waals surface area contributed by atoms with Crippen molar-refractivity contribution in [2.45, 2.75) is 66.1 Å². The van der Waals surface area contributed by atoms with Gasteiger partial charge < -0.3 is 14.8 Å². The predicted molar refractivity (Wildman–Crippen MR) is 85.6 cm³/mol. The second-order valence-corrected chi connectivity index (χ2v) is 7.03. The van der Waals surface area contributed by atoms with Crippen molar-refractivity contribution in [3.63, 3.8) is 0 Å². The number of rotatable bonds is 4. The van der Waals surface area contributed by atoms with Gasteiger partial charge in [-0.2, -0.15) is 0 Å². The van der Waals surface area contributed by atoms with Crippen LogP contribution in [0.1, 0.15) is 54.9 Å². The molecule has 8 heteroatoms. The van der Waals surface area contributed by atoms with Gasteiger partial charge in [0.25, 0.3) is 0 Å². The van der Waals surface area contributed by atoms with Gasteiger partial charge in [0.1, 0.15) is 17.7 Å². The lowest BCUT2D eigenvalue weighted by atomic mass is 10.2. The number of nitrogens with one attached hydrogen (secondary N) is 2. The van der Waals surface area contributed by atoms with E-state index in [4.69, 9.17) is 9.47 Å². The van der Waals surface area contributed by atoms with Crippen molar-refractivity contribution in [1.29, 1.82) is 0 Å². The van der Waals surface area contributed by atoms with E-state index in [-0.39, 0.29) is 6.54 Å². The summed E-state index contributed by atoms with van der Waals surface area (Å²) in [5.74, 6) is -0.409. The molecule has 134 valence electrons. The number of hydrazine groups is 1. The minimum Gasteiger partial charge on any atom is -0.443 e. The van der Waals surface area contributed by atoms with Crippen LogP contribution in [0.15, 0.2) is 0 Å². The second-order valence-electron chi connectivity index (χ2n) is 7.03. The molecule has 2 N–H and O–H groups in total. The summed E-state index contributed by atoms with van der Waals surface area (Å²) in [6, 6.07) is 0. The molecule has 0 radical (unpaired) electrons. The lowest BCUT2D eigenvalue weighted by Crippen LogP contribution is -2.53. The molecule has 0 aromatic rings. The highest BCUT2D eigenvalue weighted by atomic mass is 16.6. The fraction of sp³-hybridized carbons (Fsp3) is 0.800. The Morgan fingerprint density at radius 2 is 1.48 bits per heavy atom. The van der Waals surface area contributed by atoms with Crippen LogP contribution in [0.5, 0.6) is 0 Å². The van der Waals surface area contributed by atoms with E-state index >= 15 is 0 Å². The topological polar surface area (TPSA) is 97.0 Å². The van der Waals surface area contributed by atoms with Gasteiger partial charge in [-0.15, -0.1) is 0 Å². The normalized spacial score (nSPS) is 11.4. The highest BCUT2D eigenvalue weighted by Gasteiger charge is 2.27. The predicted octanol–water partition coefficient (Wildman–Crippen LogP) is 2.19. The number of carbonyl (C=O) groups excluding carboxylic acids is 3. The molecule has 0 aromatic heterocycles. The van der Waals surface area contributed by atoms with E-state index in [2.05, 4.69) is 10.7 Å². The fourth-order valence-electron chi connectivity index (χ4n) is 1.34. The Labute approximate surface area is 137 Å². The van der Waals surface area contributed by atoms with Crippen LogP contribution in [0.2, 0.25) is 0 Å². The maximum Gasteiger partial charge on any atom is 0.429 e. The lowest BCUT2D eigenvalue weighted by molar-refractivity contribution is -0.122. The molecule has 8 nitrogen and oxygen atoms in total. The molecule has 0 saturated heterocycles. The quantitative estimate of drug-likeness (QED) is 0.770. The van der Waals surface area contributed by atoms with Gasteiger partial charge in [0, 0.05) is 6.54 Å². The van der Waals surface area contributed by atoms with Crippen molar-refractivity contribution in [1.82, 2.24) is 15.8 Å². The van der Waals surface area contributed by atoms with Gasteiger partial charge in [-0.1, -0.05) is 6.92 Å². The van der Waals surface area contributed by atoms with E-state index in [1.807, 2.05) is 6.92 Å². The summed E-state index contributed by atoms with van der Waals surface area (Å²) < 4.78 is 10.3. The zero-order valence-corrected chi connectivity index (χ0v) is 15.1. The molecule has 0 saturated carbocycles. The molecule has 3 amide bonds. The van der Waals surface area contributed by atoms with Crippen molar-refractivity contribution in [3.05, 3.63) is 0 Å². The van der Waals surface area contributed by atoms with Crippen LogP contribution >= 0.6 is 0 Å². The third kappa shape index (κ3) is 11.3. The van der Waals surface area contributed by atoms with Crippen LogP contribution in [-0.4, -0.2) is 47.4 Å². The fourth-order valence-corrected chi connectivity index (χ4v) is 1.34. The SMILES string of the molecule is CCCNC(=O)CN(NC(=O)OC(C)(C)C)C(=O)OC(C)(C)C. The van der Waals surface area contributed by atoms with Crippen LogP contribution in [0.3, 0.4) is 0 Å². The molecule has 0 heterocycles. The summed E-state index contributed by atoms with van der Waals surface area (Å²) in [6.07, 6.45) is -0.917. The van der Waals surface area contributed by atoms with Gasteiger partial charge >= 0.3 is 12.2 Å². The standard InChI is InChI=1S/C15H29N3O5/c1-8-9-16-11(19)10-18(13(21)23-15(5,6)7)17-12(20)22-14(2,3)4/h8-10H2,1-7H3,(H,16,19)(H,17,20). The van der Waals surface area contributed by atoms with Gasteiger partial charge in [0.05, 0.1) is 0 Å². The molecule has 0 spiro atoms. The third-order valence-electron chi connectivity index (χ3n) is 2.11. The average Bonchev–Trinajstić information content (AvgIpc) is 2.31. The summed E-state index contributed by atoms with van der Waals surface area (Å²) in [4.78, 5) is 35.7. The smallest absolute Gasteiger partial charge is 0.429 e. The van der Waals surface area contributed by atoms with Gasteiger partial charge in [-0.25, -0.2) is 20.0 Å². The van der Waals surface area contributed by atoms with Crippen molar-refractivity contribution in [3.8, 4) is 0 Å². The molecular weight excluding hydrogens is 302 g/mol. The van der Waals surface area contributed by atoms with Crippen LogP contribution in [-0.2, 0) is 14.3 Å². The minimum absolute atomic E-state index is 0.367. The van der Waals surface area contributed by atoms with Gasteiger partial charge in [-0.05, 0) is 48.0 Å². The molecule has 0 bridgehead atoms. The second kappa shape index (κ2) is 8.59. The molecule has 23 heavy (non-hydrogen) atoms. The molecule has 0 unspecified atom stereocenters. The molecular formula is C15H29N3O5. The maximum absolute atomic E-state index is 12.1. The van der Waals surface area contributed by atoms with Crippen molar-refractivity contribution in [2.24, 2.45) is 0 Å². The van der Waals surface area contributed by atoms with Gasteiger partial charge in [0.2, 0.25) is 5.91 Å². The number of hydrogen-bond acceptors (Lipinski definition) is 5. The number of ether oxygens (including phenoxy) is 2. The average molecular weight is 331 g/mol. The zero-order valence-electron chi connectivity index (χ0n) is 15.1. The first-order chi connectivity index (χ1) is 10.3. The van der Waals surface area contributed by atoms with Crippen LogP contribution in [0.25, 0.3) is 0 Å². The monoisotopic (exact) mass is 331 g/mol. The first kappa shape index (κ1) is 21.0. The third-order valence-corrected chi connectivity index (χ3v) is 2.11. The van der Waals surface area contributed by atoms with E-state index in [0.717, 1.165) is 11.4 Å². The molecule has 0 rings (SSSR count). The Balaban J connectivity index is 4.89. The van der Waals surface area contributed by atoms with E-state index in [9.17, 15) is 14.4 Å². The summed E-state index contributed by atoms with van der Waals surface area (Å²) >= 11 is 0. The Bertz CT molecular complexity index is 424. The summed E-state index contributed by atoms with van der Waals surface area (Å²) in [5, 5.41) is 3.42.